The maximum Gasteiger partial charge on any atom is 0.0818 e. The van der Waals surface area contributed by atoms with E-state index in [9.17, 15) is 5.11 Å². The zero-order chi connectivity index (χ0) is 14.7. The molecule has 0 bridgehead atoms. The first-order chi connectivity index (χ1) is 10.3. The molecule has 3 unspecified atom stereocenters. The minimum atomic E-state index is -0.300. The first kappa shape index (κ1) is 14.3. The zero-order valence-corrected chi connectivity index (χ0v) is 12.7. The lowest BCUT2D eigenvalue weighted by Crippen LogP contribution is -2.09. The second kappa shape index (κ2) is 6.44. The van der Waals surface area contributed by atoms with Crippen LogP contribution in [0.5, 0.6) is 0 Å². The van der Waals surface area contributed by atoms with E-state index in [-0.39, 0.29) is 6.10 Å². The van der Waals surface area contributed by atoms with Gasteiger partial charge in [0.2, 0.25) is 0 Å². The highest BCUT2D eigenvalue weighted by atomic mass is 16.3. The first-order valence-electron chi connectivity index (χ1n) is 8.11. The predicted octanol–water partition coefficient (Wildman–Crippen LogP) is 5.21. The van der Waals surface area contributed by atoms with Crippen LogP contribution in [0.25, 0.3) is 11.1 Å². The summed E-state index contributed by atoms with van der Waals surface area (Å²) in [5, 5.41) is 10.6. The molecule has 0 saturated heterocycles. The molecular weight excluding hydrogens is 256 g/mol. The number of benzene rings is 2. The van der Waals surface area contributed by atoms with E-state index in [1.807, 2.05) is 6.07 Å². The molecule has 0 radical (unpaired) electrons. The standard InChI is InChI=1S/C20H24O/c1-2-15-8-9-19(14-15)20(21)18-12-10-17(11-13-18)16-6-4-3-5-7-16/h3-7,10-13,15,19-21H,2,8-9,14H2,1H3. The molecule has 1 N–H and O–H groups in total. The first-order valence-corrected chi connectivity index (χ1v) is 8.11. The van der Waals surface area contributed by atoms with Crippen molar-refractivity contribution in [2.75, 3.05) is 0 Å². The topological polar surface area (TPSA) is 20.2 Å². The Balaban J connectivity index is 1.72. The van der Waals surface area contributed by atoms with Gasteiger partial charge in [-0.3, -0.25) is 0 Å². The fourth-order valence-corrected chi connectivity index (χ4v) is 3.55. The third-order valence-corrected chi connectivity index (χ3v) is 4.96. The van der Waals surface area contributed by atoms with Crippen LogP contribution >= 0.6 is 0 Å². The van der Waals surface area contributed by atoms with Crippen molar-refractivity contribution in [1.82, 2.24) is 0 Å². The van der Waals surface area contributed by atoms with Gasteiger partial charge in [-0.1, -0.05) is 74.4 Å². The van der Waals surface area contributed by atoms with E-state index in [2.05, 4.69) is 55.5 Å². The minimum absolute atomic E-state index is 0.300. The number of hydrogen-bond donors (Lipinski definition) is 1. The Morgan fingerprint density at radius 3 is 2.24 bits per heavy atom. The van der Waals surface area contributed by atoms with E-state index in [4.69, 9.17) is 0 Å². The average Bonchev–Trinajstić information content (AvgIpc) is 3.04. The Morgan fingerprint density at radius 1 is 0.952 bits per heavy atom. The highest BCUT2D eigenvalue weighted by Gasteiger charge is 2.29. The van der Waals surface area contributed by atoms with E-state index in [1.54, 1.807) is 0 Å². The molecule has 21 heavy (non-hydrogen) atoms. The largest absolute Gasteiger partial charge is 0.388 e. The highest BCUT2D eigenvalue weighted by Crippen LogP contribution is 2.40. The van der Waals surface area contributed by atoms with Gasteiger partial charge in [-0.25, -0.2) is 0 Å². The maximum absolute atomic E-state index is 10.6. The van der Waals surface area contributed by atoms with Crippen LogP contribution in [-0.2, 0) is 0 Å². The molecule has 0 spiro atoms. The van der Waals surface area contributed by atoms with Crippen molar-refractivity contribution < 1.29 is 5.11 Å². The molecule has 0 amide bonds. The Bertz CT molecular complexity index is 558. The molecule has 0 heterocycles. The van der Waals surface area contributed by atoms with Crippen LogP contribution in [0.15, 0.2) is 54.6 Å². The summed E-state index contributed by atoms with van der Waals surface area (Å²) in [5.74, 6) is 1.26. The molecule has 1 nitrogen and oxygen atoms in total. The summed E-state index contributed by atoms with van der Waals surface area (Å²) in [7, 11) is 0. The van der Waals surface area contributed by atoms with Crippen LogP contribution in [0.3, 0.4) is 0 Å². The monoisotopic (exact) mass is 280 g/mol. The van der Waals surface area contributed by atoms with Crippen molar-refractivity contribution >= 4 is 0 Å². The molecule has 1 fully saturated rings. The predicted molar refractivity (Wildman–Crippen MR) is 88.0 cm³/mol. The summed E-state index contributed by atoms with van der Waals surface area (Å²) in [4.78, 5) is 0. The second-order valence-corrected chi connectivity index (χ2v) is 6.28. The van der Waals surface area contributed by atoms with Crippen molar-refractivity contribution in [1.29, 1.82) is 0 Å². The van der Waals surface area contributed by atoms with Gasteiger partial charge in [-0.2, -0.15) is 0 Å². The SMILES string of the molecule is CCC1CCC(C(O)c2ccc(-c3ccccc3)cc2)C1. The summed E-state index contributed by atoms with van der Waals surface area (Å²) in [6.07, 6.45) is 4.57. The van der Waals surface area contributed by atoms with Gasteiger partial charge in [0.05, 0.1) is 6.10 Å². The maximum atomic E-state index is 10.6. The molecule has 1 aliphatic carbocycles. The Morgan fingerprint density at radius 2 is 1.62 bits per heavy atom. The third-order valence-electron chi connectivity index (χ3n) is 4.96. The number of rotatable bonds is 4. The highest BCUT2D eigenvalue weighted by molar-refractivity contribution is 5.63. The van der Waals surface area contributed by atoms with Gasteiger partial charge >= 0.3 is 0 Å². The molecule has 2 aromatic carbocycles. The van der Waals surface area contributed by atoms with Crippen molar-refractivity contribution in [3.05, 3.63) is 60.2 Å². The van der Waals surface area contributed by atoms with Crippen molar-refractivity contribution in [2.24, 2.45) is 11.8 Å². The average molecular weight is 280 g/mol. The molecule has 3 rings (SSSR count). The molecule has 1 saturated carbocycles. The van der Waals surface area contributed by atoms with Gasteiger partial charge in [-0.05, 0) is 41.4 Å². The summed E-state index contributed by atoms with van der Waals surface area (Å²) >= 11 is 0. The third kappa shape index (κ3) is 3.19. The fourth-order valence-electron chi connectivity index (χ4n) is 3.55. The molecule has 0 aliphatic heterocycles. The normalized spacial score (nSPS) is 23.1. The molecule has 0 aromatic heterocycles. The van der Waals surface area contributed by atoms with Gasteiger partial charge < -0.3 is 5.11 Å². The number of hydrogen-bond acceptors (Lipinski definition) is 1. The summed E-state index contributed by atoms with van der Waals surface area (Å²) in [6.45, 7) is 2.26. The van der Waals surface area contributed by atoms with E-state index in [1.165, 1.54) is 36.8 Å². The fraction of sp³-hybridized carbons (Fsp3) is 0.400. The lowest BCUT2D eigenvalue weighted by molar-refractivity contribution is 0.109. The minimum Gasteiger partial charge on any atom is -0.388 e. The smallest absolute Gasteiger partial charge is 0.0818 e. The lowest BCUT2D eigenvalue weighted by Gasteiger charge is -2.19. The molecular formula is C20H24O. The molecule has 110 valence electrons. The van der Waals surface area contributed by atoms with Gasteiger partial charge in [0.1, 0.15) is 0 Å². The zero-order valence-electron chi connectivity index (χ0n) is 12.7. The summed E-state index contributed by atoms with van der Waals surface area (Å²) < 4.78 is 0. The van der Waals surface area contributed by atoms with Crippen molar-refractivity contribution in [3.63, 3.8) is 0 Å². The Hall–Kier alpha value is -1.60. The summed E-state index contributed by atoms with van der Waals surface area (Å²) in [5.41, 5.74) is 3.51. The van der Waals surface area contributed by atoms with Crippen LogP contribution < -0.4 is 0 Å². The Labute approximate surface area is 127 Å². The van der Waals surface area contributed by atoms with Gasteiger partial charge in [-0.15, -0.1) is 0 Å². The Kier molecular flexibility index (Phi) is 4.40. The van der Waals surface area contributed by atoms with Crippen LogP contribution in [0.4, 0.5) is 0 Å². The van der Waals surface area contributed by atoms with Crippen molar-refractivity contribution in [3.8, 4) is 11.1 Å². The van der Waals surface area contributed by atoms with Crippen molar-refractivity contribution in [2.45, 2.75) is 38.7 Å². The van der Waals surface area contributed by atoms with E-state index in [0.29, 0.717) is 5.92 Å². The molecule has 1 heteroatoms. The van der Waals surface area contributed by atoms with Crippen LogP contribution in [-0.4, -0.2) is 5.11 Å². The number of aliphatic hydroxyl groups is 1. The summed E-state index contributed by atoms with van der Waals surface area (Å²) in [6, 6.07) is 18.8. The van der Waals surface area contributed by atoms with Crippen LogP contribution in [0.2, 0.25) is 0 Å². The second-order valence-electron chi connectivity index (χ2n) is 6.28. The van der Waals surface area contributed by atoms with Gasteiger partial charge in [0, 0.05) is 0 Å². The molecule has 2 aromatic rings. The molecule has 3 atom stereocenters. The van der Waals surface area contributed by atoms with Crippen LogP contribution in [0.1, 0.15) is 44.3 Å². The van der Waals surface area contributed by atoms with E-state index < -0.39 is 0 Å². The van der Waals surface area contributed by atoms with E-state index in [0.717, 1.165) is 11.5 Å². The number of aliphatic hydroxyl groups excluding tert-OH is 1. The van der Waals surface area contributed by atoms with E-state index >= 15 is 0 Å². The van der Waals surface area contributed by atoms with Gasteiger partial charge in [0.25, 0.3) is 0 Å². The van der Waals surface area contributed by atoms with Crippen LogP contribution in [0, 0.1) is 11.8 Å². The lowest BCUT2D eigenvalue weighted by atomic mass is 9.92. The molecule has 1 aliphatic rings. The van der Waals surface area contributed by atoms with Gasteiger partial charge in [0.15, 0.2) is 0 Å². The quantitative estimate of drug-likeness (QED) is 0.814.